The van der Waals surface area contributed by atoms with Crippen LogP contribution in [0.4, 0.5) is 9.93 Å². The number of ketones is 1. The van der Waals surface area contributed by atoms with Crippen LogP contribution in [-0.4, -0.2) is 16.8 Å². The van der Waals surface area contributed by atoms with Crippen molar-refractivity contribution < 1.29 is 9.59 Å². The van der Waals surface area contributed by atoms with Crippen LogP contribution in [0, 0.1) is 0 Å². The molecule has 1 rings (SSSR count). The van der Waals surface area contributed by atoms with Gasteiger partial charge < -0.3 is 5.73 Å². The quantitative estimate of drug-likeness (QED) is 0.669. The van der Waals surface area contributed by atoms with Crippen molar-refractivity contribution >= 4 is 28.3 Å². The zero-order valence-corrected chi connectivity index (χ0v) is 7.14. The van der Waals surface area contributed by atoms with E-state index in [1.807, 2.05) is 0 Å². The summed E-state index contributed by atoms with van der Waals surface area (Å²) in [6, 6.07) is -0.681. The van der Waals surface area contributed by atoms with Crippen molar-refractivity contribution in [1.82, 2.24) is 4.98 Å². The molecule has 64 valence electrons. The van der Waals surface area contributed by atoms with Gasteiger partial charge in [0.05, 0.1) is 0 Å². The van der Waals surface area contributed by atoms with Crippen LogP contribution in [0.25, 0.3) is 0 Å². The Hall–Kier alpha value is -1.43. The number of nitrogens with zero attached hydrogens (tertiary/aromatic N) is 1. The van der Waals surface area contributed by atoms with Gasteiger partial charge in [0.25, 0.3) is 0 Å². The first-order valence-electron chi connectivity index (χ1n) is 3.12. The molecule has 5 nitrogen and oxygen atoms in total. The van der Waals surface area contributed by atoms with E-state index in [2.05, 4.69) is 10.3 Å². The Morgan fingerprint density at radius 2 is 2.33 bits per heavy atom. The van der Waals surface area contributed by atoms with Gasteiger partial charge in [0.15, 0.2) is 10.9 Å². The zero-order valence-electron chi connectivity index (χ0n) is 6.33. The lowest BCUT2D eigenvalue weighted by molar-refractivity contribution is 0.101. The normalized spacial score (nSPS) is 9.42. The Labute approximate surface area is 72.6 Å². The number of Topliss-reactive ketones (excluding diaryl/α,β-unsaturated/α-hetero) is 1. The SMILES string of the molecule is CC(=O)c1csc(NC(N)=O)n1. The summed E-state index contributed by atoms with van der Waals surface area (Å²) < 4.78 is 0. The molecule has 0 bridgehead atoms. The molecule has 0 aliphatic rings. The number of nitrogens with two attached hydrogens (primary N) is 1. The van der Waals surface area contributed by atoms with Gasteiger partial charge in [-0.15, -0.1) is 11.3 Å². The van der Waals surface area contributed by atoms with Gasteiger partial charge in [-0.1, -0.05) is 0 Å². The summed E-state index contributed by atoms with van der Waals surface area (Å²) in [5, 5.41) is 4.18. The molecule has 0 saturated heterocycles. The van der Waals surface area contributed by atoms with Crippen molar-refractivity contribution in [1.29, 1.82) is 0 Å². The van der Waals surface area contributed by atoms with Crippen molar-refractivity contribution in [3.63, 3.8) is 0 Å². The monoisotopic (exact) mass is 185 g/mol. The van der Waals surface area contributed by atoms with Crippen LogP contribution in [0.1, 0.15) is 17.4 Å². The second-order valence-electron chi connectivity index (χ2n) is 2.08. The average molecular weight is 185 g/mol. The number of urea groups is 1. The Bertz CT molecular complexity index is 320. The summed E-state index contributed by atoms with van der Waals surface area (Å²) in [6.45, 7) is 1.41. The topological polar surface area (TPSA) is 85.1 Å². The van der Waals surface area contributed by atoms with Crippen LogP contribution in [-0.2, 0) is 0 Å². The van der Waals surface area contributed by atoms with Crippen LogP contribution >= 0.6 is 11.3 Å². The van der Waals surface area contributed by atoms with Crippen molar-refractivity contribution in [2.24, 2.45) is 5.73 Å². The molecule has 1 aromatic rings. The van der Waals surface area contributed by atoms with Gasteiger partial charge in [-0.25, -0.2) is 9.78 Å². The highest BCUT2D eigenvalue weighted by Crippen LogP contribution is 2.14. The van der Waals surface area contributed by atoms with Gasteiger partial charge in [-0.2, -0.15) is 0 Å². The van der Waals surface area contributed by atoms with E-state index in [4.69, 9.17) is 5.73 Å². The molecule has 1 heterocycles. The summed E-state index contributed by atoms with van der Waals surface area (Å²) in [5.74, 6) is -0.135. The first-order valence-corrected chi connectivity index (χ1v) is 4.00. The molecule has 3 N–H and O–H groups in total. The van der Waals surface area contributed by atoms with E-state index in [1.54, 1.807) is 5.38 Å². The van der Waals surface area contributed by atoms with Crippen LogP contribution in [0.2, 0.25) is 0 Å². The zero-order chi connectivity index (χ0) is 9.14. The lowest BCUT2D eigenvalue weighted by Crippen LogP contribution is -2.19. The Kier molecular flexibility index (Phi) is 2.39. The van der Waals surface area contributed by atoms with E-state index in [0.29, 0.717) is 10.8 Å². The maximum Gasteiger partial charge on any atom is 0.318 e. The fourth-order valence-electron chi connectivity index (χ4n) is 0.598. The van der Waals surface area contributed by atoms with Crippen LogP contribution in [0.15, 0.2) is 5.38 Å². The predicted molar refractivity (Wildman–Crippen MR) is 45.3 cm³/mol. The van der Waals surface area contributed by atoms with E-state index >= 15 is 0 Å². The number of nitrogens with one attached hydrogen (secondary N) is 1. The molecule has 6 heteroatoms. The molecule has 0 fully saturated rings. The third-order valence-electron chi connectivity index (χ3n) is 1.10. The van der Waals surface area contributed by atoms with Crippen molar-refractivity contribution in [2.45, 2.75) is 6.92 Å². The predicted octanol–water partition coefficient (Wildman–Crippen LogP) is 0.836. The molecular formula is C6H7N3O2S. The molecule has 2 amide bonds. The molecule has 0 unspecified atom stereocenters. The number of rotatable bonds is 2. The Morgan fingerprint density at radius 3 is 2.75 bits per heavy atom. The third kappa shape index (κ3) is 2.03. The van der Waals surface area contributed by atoms with Gasteiger partial charge in [0.1, 0.15) is 5.69 Å². The molecule has 0 aliphatic carbocycles. The molecular weight excluding hydrogens is 178 g/mol. The molecule has 12 heavy (non-hydrogen) atoms. The lowest BCUT2D eigenvalue weighted by Gasteiger charge is -1.91. The second kappa shape index (κ2) is 3.31. The lowest BCUT2D eigenvalue weighted by atomic mass is 10.4. The molecule has 0 spiro atoms. The van der Waals surface area contributed by atoms with Gasteiger partial charge in [-0.3, -0.25) is 10.1 Å². The number of aromatic nitrogens is 1. The average Bonchev–Trinajstić information content (AvgIpc) is 2.34. The summed E-state index contributed by atoms with van der Waals surface area (Å²) in [6.07, 6.45) is 0. The minimum absolute atomic E-state index is 0.135. The Balaban J connectivity index is 2.77. The molecule has 0 aromatic carbocycles. The molecule has 0 aliphatic heterocycles. The van der Waals surface area contributed by atoms with Crippen molar-refractivity contribution in [3.05, 3.63) is 11.1 Å². The minimum atomic E-state index is -0.681. The highest BCUT2D eigenvalue weighted by Gasteiger charge is 2.06. The number of amides is 2. The van der Waals surface area contributed by atoms with E-state index in [1.165, 1.54) is 6.92 Å². The minimum Gasteiger partial charge on any atom is -0.351 e. The number of thiazole rings is 1. The highest BCUT2D eigenvalue weighted by molar-refractivity contribution is 7.14. The Morgan fingerprint density at radius 1 is 1.67 bits per heavy atom. The maximum atomic E-state index is 10.7. The van der Waals surface area contributed by atoms with E-state index in [0.717, 1.165) is 11.3 Å². The highest BCUT2D eigenvalue weighted by atomic mass is 32.1. The van der Waals surface area contributed by atoms with Crippen LogP contribution < -0.4 is 11.1 Å². The number of carbonyl (C=O) groups excluding carboxylic acids is 2. The summed E-state index contributed by atoms with van der Waals surface area (Å²) >= 11 is 1.16. The number of carbonyl (C=O) groups is 2. The fraction of sp³-hybridized carbons (Fsp3) is 0.167. The van der Waals surface area contributed by atoms with Gasteiger partial charge in [0.2, 0.25) is 0 Å². The van der Waals surface area contributed by atoms with Gasteiger partial charge >= 0.3 is 6.03 Å². The smallest absolute Gasteiger partial charge is 0.318 e. The van der Waals surface area contributed by atoms with Crippen LogP contribution in [0.3, 0.4) is 0 Å². The van der Waals surface area contributed by atoms with E-state index in [9.17, 15) is 9.59 Å². The van der Waals surface area contributed by atoms with Crippen LogP contribution in [0.5, 0.6) is 0 Å². The number of anilines is 1. The van der Waals surface area contributed by atoms with Gasteiger partial charge in [0, 0.05) is 12.3 Å². The maximum absolute atomic E-state index is 10.7. The number of primary amides is 1. The largest absolute Gasteiger partial charge is 0.351 e. The standard InChI is InChI=1S/C6H7N3O2S/c1-3(10)4-2-12-6(8-4)9-5(7)11/h2H,1H3,(H3,7,8,9,11). The first kappa shape index (κ1) is 8.66. The number of hydrogen-bond acceptors (Lipinski definition) is 4. The molecule has 0 radical (unpaired) electrons. The second-order valence-corrected chi connectivity index (χ2v) is 2.94. The van der Waals surface area contributed by atoms with Gasteiger partial charge in [-0.05, 0) is 0 Å². The van der Waals surface area contributed by atoms with E-state index < -0.39 is 6.03 Å². The van der Waals surface area contributed by atoms with E-state index in [-0.39, 0.29) is 5.78 Å². The summed E-state index contributed by atoms with van der Waals surface area (Å²) in [7, 11) is 0. The summed E-state index contributed by atoms with van der Waals surface area (Å²) in [5.41, 5.74) is 5.18. The third-order valence-corrected chi connectivity index (χ3v) is 1.85. The molecule has 0 atom stereocenters. The fourth-order valence-corrected chi connectivity index (χ4v) is 1.35. The molecule has 1 aromatic heterocycles. The molecule has 0 saturated carbocycles. The number of hydrogen-bond donors (Lipinski definition) is 2. The van der Waals surface area contributed by atoms with Crippen molar-refractivity contribution in [3.8, 4) is 0 Å². The first-order chi connectivity index (χ1) is 5.59. The summed E-state index contributed by atoms with van der Waals surface area (Å²) in [4.78, 5) is 24.9. The van der Waals surface area contributed by atoms with Crippen molar-refractivity contribution in [2.75, 3.05) is 5.32 Å².